The number of fused-ring (bicyclic) bond motifs is 1. The largest absolute Gasteiger partial charge is 0.513 e. The van der Waals surface area contributed by atoms with Gasteiger partial charge in [0.2, 0.25) is 0 Å². The number of benzene rings is 2. The molecular formula is C20H17F3N2O5S. The number of hydrogen-bond acceptors (Lipinski definition) is 7. The molecule has 31 heavy (non-hydrogen) atoms. The lowest BCUT2D eigenvalue weighted by molar-refractivity contribution is -0.384. The number of hydrogen-bond donors (Lipinski definition) is 0. The van der Waals surface area contributed by atoms with Crippen molar-refractivity contribution < 1.29 is 32.4 Å². The smallest absolute Gasteiger partial charge is 0.433 e. The minimum absolute atomic E-state index is 0.0253. The van der Waals surface area contributed by atoms with Gasteiger partial charge >= 0.3 is 12.3 Å². The molecule has 0 aliphatic heterocycles. The van der Waals surface area contributed by atoms with Crippen LogP contribution in [0.4, 0.5) is 23.7 Å². The fourth-order valence-corrected chi connectivity index (χ4v) is 3.91. The Hall–Kier alpha value is -3.21. The van der Waals surface area contributed by atoms with Gasteiger partial charge in [-0.25, -0.2) is 9.78 Å². The summed E-state index contributed by atoms with van der Waals surface area (Å²) in [5.74, 6) is 0.0973. The first-order valence-corrected chi connectivity index (χ1v) is 9.80. The molecule has 0 fully saturated rings. The molecule has 0 aliphatic rings. The lowest BCUT2D eigenvalue weighted by atomic mass is 9.91. The Labute approximate surface area is 178 Å². The van der Waals surface area contributed by atoms with E-state index in [2.05, 4.69) is 4.98 Å². The average molecular weight is 454 g/mol. The Balaban J connectivity index is 1.59. The lowest BCUT2D eigenvalue weighted by Gasteiger charge is -2.22. The highest BCUT2D eigenvalue weighted by Gasteiger charge is 2.31. The van der Waals surface area contributed by atoms with E-state index in [4.69, 9.17) is 9.47 Å². The van der Waals surface area contributed by atoms with Crippen LogP contribution in [0.5, 0.6) is 5.75 Å². The number of nitro groups is 1. The van der Waals surface area contributed by atoms with E-state index in [0.717, 1.165) is 12.1 Å². The lowest BCUT2D eigenvalue weighted by Crippen LogP contribution is -2.25. The molecule has 0 N–H and O–H groups in total. The Kier molecular flexibility index (Phi) is 6.16. The zero-order valence-electron chi connectivity index (χ0n) is 16.4. The summed E-state index contributed by atoms with van der Waals surface area (Å²) in [5, 5.41) is 11.3. The van der Waals surface area contributed by atoms with Gasteiger partial charge < -0.3 is 9.47 Å². The standard InChI is InChI=1S/C20H17F3N2O5S/c1-19(2,11-29-18(26)30-14-6-4-13(5-7-14)25(27)28)10-17-24-15-9-12(20(21,22)23)3-8-16(15)31-17/h3-9H,10-11H2,1-2H3. The summed E-state index contributed by atoms with van der Waals surface area (Å²) >= 11 is 1.28. The number of non-ortho nitro benzene ring substituents is 1. The fraction of sp³-hybridized carbons (Fsp3) is 0.300. The van der Waals surface area contributed by atoms with E-state index >= 15 is 0 Å². The van der Waals surface area contributed by atoms with Crippen molar-refractivity contribution in [2.45, 2.75) is 26.4 Å². The molecule has 164 valence electrons. The minimum atomic E-state index is -4.44. The predicted molar refractivity (Wildman–Crippen MR) is 107 cm³/mol. The van der Waals surface area contributed by atoms with Crippen LogP contribution in [0.1, 0.15) is 24.4 Å². The first-order chi connectivity index (χ1) is 14.4. The van der Waals surface area contributed by atoms with E-state index < -0.39 is 28.2 Å². The van der Waals surface area contributed by atoms with E-state index in [1.54, 1.807) is 0 Å². The molecule has 1 aromatic heterocycles. The van der Waals surface area contributed by atoms with Crippen LogP contribution in [0.3, 0.4) is 0 Å². The SMILES string of the molecule is CC(C)(COC(=O)Oc1ccc([N+](=O)[O-])cc1)Cc1nc2cc(C(F)(F)F)ccc2s1. The Morgan fingerprint density at radius 3 is 2.45 bits per heavy atom. The average Bonchev–Trinajstić information content (AvgIpc) is 3.07. The summed E-state index contributed by atoms with van der Waals surface area (Å²) in [6.45, 7) is 3.61. The van der Waals surface area contributed by atoms with Crippen LogP contribution in [0.15, 0.2) is 42.5 Å². The minimum Gasteiger partial charge on any atom is -0.433 e. The molecule has 0 spiro atoms. The van der Waals surface area contributed by atoms with E-state index in [1.807, 2.05) is 13.8 Å². The molecule has 0 amide bonds. The van der Waals surface area contributed by atoms with Gasteiger partial charge in [0.25, 0.3) is 5.69 Å². The van der Waals surface area contributed by atoms with Gasteiger partial charge in [-0.05, 0) is 30.3 Å². The molecule has 0 unspecified atom stereocenters. The topological polar surface area (TPSA) is 91.6 Å². The van der Waals surface area contributed by atoms with Gasteiger partial charge in [0.1, 0.15) is 12.4 Å². The Morgan fingerprint density at radius 2 is 1.84 bits per heavy atom. The molecule has 0 aliphatic carbocycles. The second-order valence-electron chi connectivity index (χ2n) is 7.52. The van der Waals surface area contributed by atoms with Crippen molar-refractivity contribution >= 4 is 33.4 Å². The normalized spacial score (nSPS) is 12.0. The Morgan fingerprint density at radius 1 is 1.16 bits per heavy atom. The summed E-state index contributed by atoms with van der Waals surface area (Å²) in [4.78, 5) is 26.2. The van der Waals surface area contributed by atoms with E-state index in [9.17, 15) is 28.1 Å². The van der Waals surface area contributed by atoms with Crippen molar-refractivity contribution in [3.8, 4) is 5.75 Å². The summed E-state index contributed by atoms with van der Waals surface area (Å²) in [6, 6.07) is 8.38. The number of ether oxygens (including phenoxy) is 2. The van der Waals surface area contributed by atoms with Gasteiger partial charge in [0, 0.05) is 24.0 Å². The maximum atomic E-state index is 12.9. The third-order valence-corrected chi connectivity index (χ3v) is 5.25. The van der Waals surface area contributed by atoms with Crippen molar-refractivity contribution in [1.82, 2.24) is 4.98 Å². The first-order valence-electron chi connectivity index (χ1n) is 8.99. The predicted octanol–water partition coefficient (Wildman–Crippen LogP) is 6.01. The van der Waals surface area contributed by atoms with Crippen LogP contribution >= 0.6 is 11.3 Å². The molecule has 1 heterocycles. The molecule has 0 saturated carbocycles. The molecule has 11 heteroatoms. The molecule has 3 aromatic rings. The third-order valence-electron chi connectivity index (χ3n) is 4.22. The number of carbonyl (C=O) groups is 1. The number of thiazole rings is 1. The molecule has 0 bridgehead atoms. The molecule has 0 radical (unpaired) electrons. The number of aromatic nitrogens is 1. The summed E-state index contributed by atoms with van der Waals surface area (Å²) in [7, 11) is 0. The van der Waals surface area contributed by atoms with E-state index in [1.165, 1.54) is 41.7 Å². The second kappa shape index (κ2) is 8.50. The molecular weight excluding hydrogens is 437 g/mol. The fourth-order valence-electron chi connectivity index (χ4n) is 2.70. The number of nitrogens with zero attached hydrogens (tertiary/aromatic N) is 2. The third kappa shape index (κ3) is 5.91. The van der Waals surface area contributed by atoms with Crippen LogP contribution < -0.4 is 4.74 Å². The van der Waals surface area contributed by atoms with Crippen molar-refractivity contribution in [3.05, 3.63) is 63.1 Å². The molecule has 2 aromatic carbocycles. The number of carbonyl (C=O) groups excluding carboxylic acids is 1. The summed E-state index contributed by atoms with van der Waals surface area (Å²) in [6.07, 6.45) is -5.03. The molecule has 7 nitrogen and oxygen atoms in total. The van der Waals surface area contributed by atoms with Gasteiger partial charge in [-0.15, -0.1) is 11.3 Å². The van der Waals surface area contributed by atoms with Crippen LogP contribution in [-0.4, -0.2) is 22.7 Å². The highest BCUT2D eigenvalue weighted by atomic mass is 32.1. The van der Waals surface area contributed by atoms with Crippen molar-refractivity contribution in [2.75, 3.05) is 6.61 Å². The maximum absolute atomic E-state index is 12.9. The molecule has 0 atom stereocenters. The Bertz CT molecular complexity index is 1110. The van der Waals surface area contributed by atoms with E-state index in [-0.39, 0.29) is 23.6 Å². The first kappa shape index (κ1) is 22.5. The van der Waals surface area contributed by atoms with E-state index in [0.29, 0.717) is 16.1 Å². The van der Waals surface area contributed by atoms with Crippen molar-refractivity contribution in [1.29, 1.82) is 0 Å². The van der Waals surface area contributed by atoms with Gasteiger partial charge in [-0.3, -0.25) is 10.1 Å². The van der Waals surface area contributed by atoms with Gasteiger partial charge in [-0.1, -0.05) is 13.8 Å². The number of alkyl halides is 3. The van der Waals surface area contributed by atoms with Crippen molar-refractivity contribution in [3.63, 3.8) is 0 Å². The van der Waals surface area contributed by atoms with Crippen LogP contribution in [0.25, 0.3) is 10.2 Å². The second-order valence-corrected chi connectivity index (χ2v) is 8.64. The quantitative estimate of drug-likeness (QED) is 0.196. The van der Waals surface area contributed by atoms with Crippen molar-refractivity contribution in [2.24, 2.45) is 5.41 Å². The van der Waals surface area contributed by atoms with Crippen LogP contribution in [0, 0.1) is 15.5 Å². The maximum Gasteiger partial charge on any atom is 0.513 e. The van der Waals surface area contributed by atoms with Gasteiger partial charge in [0.05, 0.1) is 25.7 Å². The monoisotopic (exact) mass is 454 g/mol. The zero-order chi connectivity index (χ0) is 22.8. The number of halogens is 3. The number of nitro benzene ring substituents is 1. The highest BCUT2D eigenvalue weighted by Crippen LogP contribution is 2.34. The van der Waals surface area contributed by atoms with Gasteiger partial charge in [-0.2, -0.15) is 13.2 Å². The number of rotatable bonds is 6. The summed E-state index contributed by atoms with van der Waals surface area (Å²) < 4.78 is 49.4. The molecule has 0 saturated heterocycles. The zero-order valence-corrected chi connectivity index (χ0v) is 17.2. The summed E-state index contributed by atoms with van der Waals surface area (Å²) in [5.41, 5.74) is -1.19. The molecule has 3 rings (SSSR count). The van der Waals surface area contributed by atoms with Crippen LogP contribution in [-0.2, 0) is 17.3 Å². The van der Waals surface area contributed by atoms with Crippen LogP contribution in [0.2, 0.25) is 0 Å². The van der Waals surface area contributed by atoms with Gasteiger partial charge in [0.15, 0.2) is 0 Å². The highest BCUT2D eigenvalue weighted by molar-refractivity contribution is 7.18.